The molecule has 2 amide bonds. The van der Waals surface area contributed by atoms with Crippen LogP contribution in [0.2, 0.25) is 0 Å². The lowest BCUT2D eigenvalue weighted by Crippen LogP contribution is -2.61. The van der Waals surface area contributed by atoms with Gasteiger partial charge in [-0.05, 0) is 38.8 Å². The van der Waals surface area contributed by atoms with E-state index in [2.05, 4.69) is 4.98 Å². The summed E-state index contributed by atoms with van der Waals surface area (Å²) in [5.74, 6) is 0.238. The minimum atomic E-state index is -0.598. The van der Waals surface area contributed by atoms with E-state index in [9.17, 15) is 9.59 Å². The summed E-state index contributed by atoms with van der Waals surface area (Å²) < 4.78 is 5.45. The monoisotopic (exact) mass is 334 g/mol. The van der Waals surface area contributed by atoms with Crippen LogP contribution in [0.15, 0.2) is 18.3 Å². The highest BCUT2D eigenvalue weighted by Gasteiger charge is 2.41. The normalized spacial score (nSPS) is 18.9. The molecule has 2 rings (SSSR count). The number of amides is 2. The maximum Gasteiger partial charge on any atom is 0.411 e. The molecule has 1 atom stereocenters. The van der Waals surface area contributed by atoms with Gasteiger partial charge in [0.1, 0.15) is 17.5 Å². The zero-order valence-electron chi connectivity index (χ0n) is 14.9. The lowest BCUT2D eigenvalue weighted by atomic mass is 9.98. The molecule has 0 aliphatic carbocycles. The summed E-state index contributed by atoms with van der Waals surface area (Å²) in [5.41, 5.74) is 5.69. The van der Waals surface area contributed by atoms with Crippen LogP contribution in [0, 0.1) is 5.92 Å². The first-order chi connectivity index (χ1) is 11.1. The SMILES string of the molecule is CC(C)C1C(=O)N(c2ccc(N)nc2)CCN1C(=O)OC(C)(C)C. The van der Waals surface area contributed by atoms with E-state index in [0.717, 1.165) is 0 Å². The molecule has 7 nitrogen and oxygen atoms in total. The van der Waals surface area contributed by atoms with E-state index >= 15 is 0 Å². The van der Waals surface area contributed by atoms with Crippen LogP contribution in [-0.2, 0) is 9.53 Å². The van der Waals surface area contributed by atoms with Crippen LogP contribution in [0.5, 0.6) is 0 Å². The fourth-order valence-corrected chi connectivity index (χ4v) is 2.73. The van der Waals surface area contributed by atoms with Crippen molar-refractivity contribution >= 4 is 23.5 Å². The third kappa shape index (κ3) is 3.96. The highest BCUT2D eigenvalue weighted by atomic mass is 16.6. The van der Waals surface area contributed by atoms with Gasteiger partial charge in [0.05, 0.1) is 11.9 Å². The molecule has 24 heavy (non-hydrogen) atoms. The third-order valence-corrected chi connectivity index (χ3v) is 3.76. The first kappa shape index (κ1) is 18.0. The molecule has 2 N–H and O–H groups in total. The van der Waals surface area contributed by atoms with Crippen LogP contribution in [-0.4, -0.2) is 46.6 Å². The van der Waals surface area contributed by atoms with Gasteiger partial charge in [0.2, 0.25) is 5.91 Å². The summed E-state index contributed by atoms with van der Waals surface area (Å²) in [4.78, 5) is 32.6. The third-order valence-electron chi connectivity index (χ3n) is 3.76. The summed E-state index contributed by atoms with van der Waals surface area (Å²) in [7, 11) is 0. The molecule has 1 saturated heterocycles. The lowest BCUT2D eigenvalue weighted by Gasteiger charge is -2.42. The molecule has 1 aliphatic rings. The molecule has 1 unspecified atom stereocenters. The van der Waals surface area contributed by atoms with Gasteiger partial charge in [-0.1, -0.05) is 13.8 Å². The average Bonchev–Trinajstić information content (AvgIpc) is 2.45. The standard InChI is InChI=1S/C17H26N4O3/c1-11(2)14-15(22)20(12-6-7-13(18)19-10-12)8-9-21(14)16(23)24-17(3,4)5/h6-7,10-11,14H,8-9H2,1-5H3,(H2,18,19). The average molecular weight is 334 g/mol. The van der Waals surface area contributed by atoms with Crippen molar-refractivity contribution in [2.45, 2.75) is 46.3 Å². The van der Waals surface area contributed by atoms with Crippen LogP contribution < -0.4 is 10.6 Å². The van der Waals surface area contributed by atoms with Crippen molar-refractivity contribution in [3.63, 3.8) is 0 Å². The molecule has 1 fully saturated rings. The number of pyridine rings is 1. The number of hydrogen-bond acceptors (Lipinski definition) is 5. The van der Waals surface area contributed by atoms with Crippen LogP contribution in [0.4, 0.5) is 16.3 Å². The highest BCUT2D eigenvalue weighted by molar-refractivity contribution is 6.00. The van der Waals surface area contributed by atoms with Gasteiger partial charge in [0.25, 0.3) is 0 Å². The number of carbonyl (C=O) groups is 2. The van der Waals surface area contributed by atoms with E-state index in [1.54, 1.807) is 23.2 Å². The van der Waals surface area contributed by atoms with E-state index in [1.165, 1.54) is 4.90 Å². The Kier molecular flexibility index (Phi) is 5.01. The van der Waals surface area contributed by atoms with E-state index < -0.39 is 17.7 Å². The minimum Gasteiger partial charge on any atom is -0.444 e. The molecule has 0 radical (unpaired) electrons. The molecule has 1 aromatic heterocycles. The van der Waals surface area contributed by atoms with E-state index in [0.29, 0.717) is 24.6 Å². The number of nitrogens with two attached hydrogens (primary N) is 1. The van der Waals surface area contributed by atoms with E-state index in [1.807, 2.05) is 34.6 Å². The highest BCUT2D eigenvalue weighted by Crippen LogP contribution is 2.25. The molecule has 0 saturated carbocycles. The number of rotatable bonds is 2. The van der Waals surface area contributed by atoms with Crippen LogP contribution in [0.1, 0.15) is 34.6 Å². The number of carbonyl (C=O) groups excluding carboxylic acids is 2. The first-order valence-corrected chi connectivity index (χ1v) is 8.12. The Labute approximate surface area is 142 Å². The molecule has 7 heteroatoms. The second-order valence-corrected chi connectivity index (χ2v) is 7.29. The zero-order valence-corrected chi connectivity index (χ0v) is 14.9. The molecule has 2 heterocycles. The van der Waals surface area contributed by atoms with Crippen LogP contribution >= 0.6 is 0 Å². The maximum atomic E-state index is 13.0. The number of nitrogen functional groups attached to an aromatic ring is 1. The topological polar surface area (TPSA) is 88.8 Å². The Hall–Kier alpha value is -2.31. The van der Waals surface area contributed by atoms with Crippen LogP contribution in [0.25, 0.3) is 0 Å². The van der Waals surface area contributed by atoms with Crippen molar-refractivity contribution in [2.75, 3.05) is 23.7 Å². The van der Waals surface area contributed by atoms with Crippen molar-refractivity contribution in [2.24, 2.45) is 5.92 Å². The number of ether oxygens (including phenoxy) is 1. The van der Waals surface area contributed by atoms with Gasteiger partial charge in [-0.15, -0.1) is 0 Å². The summed E-state index contributed by atoms with van der Waals surface area (Å²) in [5, 5.41) is 0. The number of aromatic nitrogens is 1. The first-order valence-electron chi connectivity index (χ1n) is 8.12. The fourth-order valence-electron chi connectivity index (χ4n) is 2.73. The second kappa shape index (κ2) is 6.67. The second-order valence-electron chi connectivity index (χ2n) is 7.29. The van der Waals surface area contributed by atoms with Crippen molar-refractivity contribution in [1.29, 1.82) is 0 Å². The van der Waals surface area contributed by atoms with Gasteiger partial charge in [0.15, 0.2) is 0 Å². The molecular weight excluding hydrogens is 308 g/mol. The summed E-state index contributed by atoms with van der Waals surface area (Å²) in [6.45, 7) is 10.1. The van der Waals surface area contributed by atoms with Crippen molar-refractivity contribution < 1.29 is 14.3 Å². The maximum absolute atomic E-state index is 13.0. The summed E-state index contributed by atoms with van der Waals surface area (Å²) >= 11 is 0. The van der Waals surface area contributed by atoms with Gasteiger partial charge in [-0.25, -0.2) is 9.78 Å². The van der Waals surface area contributed by atoms with Gasteiger partial charge < -0.3 is 15.4 Å². The van der Waals surface area contributed by atoms with Gasteiger partial charge >= 0.3 is 6.09 Å². The Balaban J connectivity index is 2.23. The molecule has 0 aromatic carbocycles. The summed E-state index contributed by atoms with van der Waals surface area (Å²) in [6.07, 6.45) is 1.12. The Morgan fingerprint density at radius 2 is 2.00 bits per heavy atom. The molecule has 132 valence electrons. The number of anilines is 2. The van der Waals surface area contributed by atoms with Crippen molar-refractivity contribution in [3.05, 3.63) is 18.3 Å². The van der Waals surface area contributed by atoms with Crippen molar-refractivity contribution in [3.8, 4) is 0 Å². The molecule has 0 spiro atoms. The minimum absolute atomic E-state index is 0.0328. The molecule has 1 aromatic rings. The lowest BCUT2D eigenvalue weighted by molar-refractivity contribution is -0.127. The van der Waals surface area contributed by atoms with Crippen LogP contribution in [0.3, 0.4) is 0 Å². The Bertz CT molecular complexity index is 607. The number of piperazine rings is 1. The predicted molar refractivity (Wildman–Crippen MR) is 92.6 cm³/mol. The molecular formula is C17H26N4O3. The smallest absolute Gasteiger partial charge is 0.411 e. The van der Waals surface area contributed by atoms with Gasteiger partial charge in [0, 0.05) is 13.1 Å². The van der Waals surface area contributed by atoms with E-state index in [-0.39, 0.29) is 11.8 Å². The zero-order chi connectivity index (χ0) is 18.1. The number of nitrogens with zero attached hydrogens (tertiary/aromatic N) is 3. The largest absolute Gasteiger partial charge is 0.444 e. The van der Waals surface area contributed by atoms with E-state index in [4.69, 9.17) is 10.5 Å². The number of hydrogen-bond donors (Lipinski definition) is 1. The quantitative estimate of drug-likeness (QED) is 0.896. The van der Waals surface area contributed by atoms with Crippen molar-refractivity contribution in [1.82, 2.24) is 9.88 Å². The summed E-state index contributed by atoms with van der Waals surface area (Å²) in [6, 6.07) is 2.86. The predicted octanol–water partition coefficient (Wildman–Crippen LogP) is 2.27. The molecule has 0 bridgehead atoms. The van der Waals surface area contributed by atoms with Gasteiger partial charge in [-0.2, -0.15) is 0 Å². The Morgan fingerprint density at radius 1 is 1.33 bits per heavy atom. The Morgan fingerprint density at radius 3 is 2.50 bits per heavy atom. The fraction of sp³-hybridized carbons (Fsp3) is 0.588. The molecule has 1 aliphatic heterocycles. The van der Waals surface area contributed by atoms with Gasteiger partial charge in [-0.3, -0.25) is 9.69 Å².